The molecule has 0 saturated heterocycles. The number of benzene rings is 2. The van der Waals surface area contributed by atoms with Crippen LogP contribution < -0.4 is 15.8 Å². The van der Waals surface area contributed by atoms with Crippen LogP contribution in [0.4, 0.5) is 17.2 Å². The third kappa shape index (κ3) is 3.34. The number of ether oxygens (including phenoxy) is 1. The normalized spacial score (nSPS) is 10.3. The summed E-state index contributed by atoms with van der Waals surface area (Å²) in [5.41, 5.74) is 8.91. The number of aromatic nitrogens is 2. The predicted molar refractivity (Wildman–Crippen MR) is 97.8 cm³/mol. The molecule has 0 aliphatic heterocycles. The minimum atomic E-state index is 0.381. The Labute approximate surface area is 144 Å². The molecule has 6 heteroatoms. The maximum atomic E-state index is 6.06. The topological polar surface area (TPSA) is 73.1 Å². The number of fused-ring (bicyclic) bond motifs is 1. The van der Waals surface area contributed by atoms with Crippen molar-refractivity contribution in [3.63, 3.8) is 0 Å². The van der Waals surface area contributed by atoms with Gasteiger partial charge in [0.05, 0.1) is 17.1 Å². The van der Waals surface area contributed by atoms with Crippen molar-refractivity contribution in [1.82, 2.24) is 9.97 Å². The zero-order valence-corrected chi connectivity index (χ0v) is 13.5. The molecule has 0 unspecified atom stereocenters. The standard InChI is InChI=1S/C18H15ClN4O/c1-2-12-4-3-5-13(8-12)23-18-14-9-15(20)17(24-7-6-19)10-16(14)21-11-22-18/h1,3-5,8-11H,6-7,20H2,(H,21,22,23). The zero-order valence-electron chi connectivity index (χ0n) is 12.8. The van der Waals surface area contributed by atoms with Crippen molar-refractivity contribution >= 4 is 39.7 Å². The van der Waals surface area contributed by atoms with E-state index < -0.39 is 0 Å². The Hall–Kier alpha value is -2.97. The van der Waals surface area contributed by atoms with Crippen LogP contribution in [0.15, 0.2) is 42.7 Å². The number of rotatable bonds is 5. The lowest BCUT2D eigenvalue weighted by Crippen LogP contribution is -2.02. The van der Waals surface area contributed by atoms with Gasteiger partial charge in [0.25, 0.3) is 0 Å². The lowest BCUT2D eigenvalue weighted by molar-refractivity contribution is 0.345. The number of hydrogen-bond donors (Lipinski definition) is 2. The van der Waals surface area contributed by atoms with Crippen molar-refractivity contribution < 1.29 is 4.74 Å². The summed E-state index contributed by atoms with van der Waals surface area (Å²) >= 11 is 5.65. The summed E-state index contributed by atoms with van der Waals surface area (Å²) in [6.07, 6.45) is 6.92. The zero-order chi connectivity index (χ0) is 16.9. The van der Waals surface area contributed by atoms with Crippen LogP contribution in [0, 0.1) is 12.3 Å². The summed E-state index contributed by atoms with van der Waals surface area (Å²) in [6.45, 7) is 0.381. The van der Waals surface area contributed by atoms with Crippen LogP contribution in [0.3, 0.4) is 0 Å². The summed E-state index contributed by atoms with van der Waals surface area (Å²) in [6, 6.07) is 11.1. The number of hydrogen-bond acceptors (Lipinski definition) is 5. The first-order valence-electron chi connectivity index (χ1n) is 7.28. The number of halogens is 1. The van der Waals surface area contributed by atoms with Gasteiger partial charge in [-0.1, -0.05) is 12.0 Å². The Morgan fingerprint density at radius 3 is 2.92 bits per heavy atom. The van der Waals surface area contributed by atoms with Crippen molar-refractivity contribution in [3.8, 4) is 18.1 Å². The fraction of sp³-hybridized carbons (Fsp3) is 0.111. The fourth-order valence-corrected chi connectivity index (χ4v) is 2.37. The van der Waals surface area contributed by atoms with E-state index in [0.29, 0.717) is 29.7 Å². The molecule has 0 fully saturated rings. The Kier molecular flexibility index (Phi) is 4.69. The first kappa shape index (κ1) is 15.9. The summed E-state index contributed by atoms with van der Waals surface area (Å²) < 4.78 is 5.52. The van der Waals surface area contributed by atoms with Gasteiger partial charge < -0.3 is 15.8 Å². The maximum Gasteiger partial charge on any atom is 0.144 e. The van der Waals surface area contributed by atoms with Crippen LogP contribution in [0.2, 0.25) is 0 Å². The second kappa shape index (κ2) is 7.07. The predicted octanol–water partition coefficient (Wildman–Crippen LogP) is 3.55. The van der Waals surface area contributed by atoms with E-state index in [0.717, 1.165) is 22.2 Å². The molecule has 0 radical (unpaired) electrons. The van der Waals surface area contributed by atoms with Crippen molar-refractivity contribution in [2.45, 2.75) is 0 Å². The largest absolute Gasteiger partial charge is 0.490 e. The molecule has 120 valence electrons. The molecule has 1 aromatic heterocycles. The second-order valence-corrected chi connectivity index (χ2v) is 5.40. The van der Waals surface area contributed by atoms with Gasteiger partial charge in [0, 0.05) is 22.7 Å². The lowest BCUT2D eigenvalue weighted by Gasteiger charge is -2.12. The van der Waals surface area contributed by atoms with E-state index in [1.165, 1.54) is 6.33 Å². The number of nitrogens with two attached hydrogens (primary N) is 1. The number of anilines is 3. The highest BCUT2D eigenvalue weighted by Crippen LogP contribution is 2.31. The third-order valence-electron chi connectivity index (χ3n) is 3.39. The number of nitrogen functional groups attached to an aromatic ring is 1. The quantitative estimate of drug-likeness (QED) is 0.423. The molecule has 3 N–H and O–H groups in total. The van der Waals surface area contributed by atoms with Crippen molar-refractivity contribution in [2.75, 3.05) is 23.5 Å². The molecule has 0 atom stereocenters. The molecule has 5 nitrogen and oxygen atoms in total. The fourth-order valence-electron chi connectivity index (χ4n) is 2.30. The van der Waals surface area contributed by atoms with Crippen molar-refractivity contribution in [2.24, 2.45) is 0 Å². The van der Waals surface area contributed by atoms with E-state index in [1.54, 1.807) is 12.1 Å². The highest BCUT2D eigenvalue weighted by Gasteiger charge is 2.09. The number of nitrogens with one attached hydrogen (secondary N) is 1. The van der Waals surface area contributed by atoms with E-state index >= 15 is 0 Å². The first-order valence-corrected chi connectivity index (χ1v) is 7.81. The third-order valence-corrected chi connectivity index (χ3v) is 3.55. The van der Waals surface area contributed by atoms with E-state index in [4.69, 9.17) is 28.5 Å². The maximum absolute atomic E-state index is 6.06. The smallest absolute Gasteiger partial charge is 0.144 e. The van der Waals surface area contributed by atoms with Crippen LogP contribution in [-0.4, -0.2) is 22.5 Å². The lowest BCUT2D eigenvalue weighted by atomic mass is 10.1. The molecular weight excluding hydrogens is 324 g/mol. The van der Waals surface area contributed by atoms with Crippen molar-refractivity contribution in [3.05, 3.63) is 48.3 Å². The van der Waals surface area contributed by atoms with E-state index in [-0.39, 0.29) is 0 Å². The van der Waals surface area contributed by atoms with E-state index in [1.807, 2.05) is 24.3 Å². The molecule has 1 heterocycles. The van der Waals surface area contributed by atoms with Crippen LogP contribution in [0.1, 0.15) is 5.56 Å². The molecule has 2 aromatic carbocycles. The molecular formula is C18H15ClN4O. The van der Waals surface area contributed by atoms with Gasteiger partial charge in [0.1, 0.15) is 24.5 Å². The van der Waals surface area contributed by atoms with Gasteiger partial charge in [-0.2, -0.15) is 0 Å². The van der Waals surface area contributed by atoms with Gasteiger partial charge in [-0.15, -0.1) is 18.0 Å². The minimum Gasteiger partial charge on any atom is -0.490 e. The van der Waals surface area contributed by atoms with Gasteiger partial charge in [-0.25, -0.2) is 9.97 Å². The highest BCUT2D eigenvalue weighted by atomic mass is 35.5. The van der Waals surface area contributed by atoms with Crippen LogP contribution in [-0.2, 0) is 0 Å². The van der Waals surface area contributed by atoms with E-state index in [9.17, 15) is 0 Å². The van der Waals surface area contributed by atoms with Gasteiger partial charge in [-0.3, -0.25) is 0 Å². The number of terminal acetylenes is 1. The van der Waals surface area contributed by atoms with Crippen LogP contribution in [0.25, 0.3) is 10.9 Å². The Morgan fingerprint density at radius 1 is 1.25 bits per heavy atom. The second-order valence-electron chi connectivity index (χ2n) is 5.02. The summed E-state index contributed by atoms with van der Waals surface area (Å²) in [7, 11) is 0. The van der Waals surface area contributed by atoms with Crippen LogP contribution >= 0.6 is 11.6 Å². The molecule has 0 amide bonds. The first-order chi connectivity index (χ1) is 11.7. The summed E-state index contributed by atoms with van der Waals surface area (Å²) in [5.74, 6) is 4.20. The average Bonchev–Trinajstić information content (AvgIpc) is 2.61. The monoisotopic (exact) mass is 338 g/mol. The van der Waals surface area contributed by atoms with Crippen LogP contribution in [0.5, 0.6) is 5.75 Å². The van der Waals surface area contributed by atoms with Gasteiger partial charge in [0.2, 0.25) is 0 Å². The minimum absolute atomic E-state index is 0.381. The molecule has 3 rings (SSSR count). The molecule has 24 heavy (non-hydrogen) atoms. The SMILES string of the molecule is C#Cc1cccc(Nc2ncnc3cc(OCCCl)c(N)cc23)c1. The summed E-state index contributed by atoms with van der Waals surface area (Å²) in [4.78, 5) is 8.57. The Balaban J connectivity index is 1.99. The van der Waals surface area contributed by atoms with Crippen molar-refractivity contribution in [1.29, 1.82) is 0 Å². The summed E-state index contributed by atoms with van der Waals surface area (Å²) in [5, 5.41) is 4.04. The van der Waals surface area contributed by atoms with Gasteiger partial charge >= 0.3 is 0 Å². The molecule has 0 aliphatic carbocycles. The average molecular weight is 339 g/mol. The molecule has 0 bridgehead atoms. The molecule has 3 aromatic rings. The number of alkyl halides is 1. The van der Waals surface area contributed by atoms with Gasteiger partial charge in [-0.05, 0) is 24.3 Å². The Morgan fingerprint density at radius 2 is 2.12 bits per heavy atom. The molecule has 0 saturated carbocycles. The number of nitrogens with zero attached hydrogens (tertiary/aromatic N) is 2. The Bertz CT molecular complexity index is 921. The van der Waals surface area contributed by atoms with E-state index in [2.05, 4.69) is 21.2 Å². The molecule has 0 spiro atoms. The highest BCUT2D eigenvalue weighted by molar-refractivity contribution is 6.18. The van der Waals surface area contributed by atoms with Gasteiger partial charge in [0.15, 0.2) is 0 Å². The molecule has 0 aliphatic rings.